The van der Waals surface area contributed by atoms with Gasteiger partial charge in [-0.3, -0.25) is 0 Å². The van der Waals surface area contributed by atoms with Crippen molar-refractivity contribution in [2.45, 2.75) is 45.6 Å². The average Bonchev–Trinajstić information content (AvgIpc) is 2.05. The Labute approximate surface area is 70.8 Å². The molecule has 0 aliphatic carbocycles. The van der Waals surface area contributed by atoms with Crippen LogP contribution in [0.3, 0.4) is 0 Å². The molecular formula is C10H21N. The summed E-state index contributed by atoms with van der Waals surface area (Å²) in [5, 5.41) is 0. The number of hydrogen-bond donors (Lipinski definition) is 0. The maximum Gasteiger partial charge on any atom is 0.00922 e. The van der Waals surface area contributed by atoms with Gasteiger partial charge >= 0.3 is 0 Å². The molecule has 0 unspecified atom stereocenters. The van der Waals surface area contributed by atoms with Gasteiger partial charge in [0.2, 0.25) is 0 Å². The second kappa shape index (κ2) is 4.10. The SMILES string of the molecule is CC[C@H]1CCN(C)[C@@H](CC)C1. The first-order valence-corrected chi connectivity index (χ1v) is 4.98. The van der Waals surface area contributed by atoms with E-state index in [0.717, 1.165) is 12.0 Å². The van der Waals surface area contributed by atoms with E-state index in [2.05, 4.69) is 25.8 Å². The highest BCUT2D eigenvalue weighted by Crippen LogP contribution is 2.25. The van der Waals surface area contributed by atoms with Gasteiger partial charge in [0.1, 0.15) is 0 Å². The molecule has 2 atom stereocenters. The fourth-order valence-electron chi connectivity index (χ4n) is 2.10. The van der Waals surface area contributed by atoms with Crippen molar-refractivity contribution < 1.29 is 0 Å². The Bertz CT molecular complexity index is 111. The highest BCUT2D eigenvalue weighted by atomic mass is 15.1. The van der Waals surface area contributed by atoms with E-state index < -0.39 is 0 Å². The zero-order valence-corrected chi connectivity index (χ0v) is 8.14. The molecule has 0 N–H and O–H groups in total. The van der Waals surface area contributed by atoms with Crippen LogP contribution in [0.4, 0.5) is 0 Å². The first-order valence-electron chi connectivity index (χ1n) is 4.98. The molecule has 1 aliphatic rings. The van der Waals surface area contributed by atoms with Crippen LogP contribution >= 0.6 is 0 Å². The Hall–Kier alpha value is -0.0400. The molecule has 0 radical (unpaired) electrons. The van der Waals surface area contributed by atoms with E-state index in [-0.39, 0.29) is 0 Å². The maximum absolute atomic E-state index is 2.52. The van der Waals surface area contributed by atoms with Crippen molar-refractivity contribution in [1.82, 2.24) is 4.90 Å². The van der Waals surface area contributed by atoms with Gasteiger partial charge in [-0.25, -0.2) is 0 Å². The second-order valence-corrected chi connectivity index (χ2v) is 3.84. The van der Waals surface area contributed by atoms with Crippen molar-refractivity contribution in [3.63, 3.8) is 0 Å². The van der Waals surface area contributed by atoms with Gasteiger partial charge in [-0.2, -0.15) is 0 Å². The highest BCUT2D eigenvalue weighted by molar-refractivity contribution is 4.77. The third-order valence-electron chi connectivity index (χ3n) is 3.17. The maximum atomic E-state index is 2.52. The fourth-order valence-corrected chi connectivity index (χ4v) is 2.10. The van der Waals surface area contributed by atoms with Crippen LogP contribution in [0.2, 0.25) is 0 Å². The Morgan fingerprint density at radius 1 is 1.27 bits per heavy atom. The summed E-state index contributed by atoms with van der Waals surface area (Å²) in [6.07, 6.45) is 5.56. The topological polar surface area (TPSA) is 3.24 Å². The molecule has 1 rings (SSSR count). The van der Waals surface area contributed by atoms with Crippen LogP contribution in [0.25, 0.3) is 0 Å². The number of rotatable bonds is 2. The Balaban J connectivity index is 2.37. The molecule has 0 bridgehead atoms. The van der Waals surface area contributed by atoms with E-state index in [9.17, 15) is 0 Å². The standard InChI is InChI=1S/C10H21N/c1-4-9-6-7-11(3)10(5-2)8-9/h9-10H,4-8H2,1-3H3/t9-,10-/m0/s1. The summed E-state index contributed by atoms with van der Waals surface area (Å²) in [5.74, 6) is 1.01. The molecule has 1 aliphatic heterocycles. The van der Waals surface area contributed by atoms with E-state index in [1.54, 1.807) is 0 Å². The minimum absolute atomic E-state index is 0.869. The smallest absolute Gasteiger partial charge is 0.00922 e. The zero-order valence-electron chi connectivity index (χ0n) is 8.14. The van der Waals surface area contributed by atoms with E-state index in [1.807, 2.05) is 0 Å². The summed E-state index contributed by atoms with van der Waals surface area (Å²) in [7, 11) is 2.26. The summed E-state index contributed by atoms with van der Waals surface area (Å²) in [6.45, 7) is 5.94. The third kappa shape index (κ3) is 2.19. The molecule has 66 valence electrons. The number of likely N-dealkylation sites (tertiary alicyclic amines) is 1. The largest absolute Gasteiger partial charge is 0.303 e. The molecule has 0 spiro atoms. The van der Waals surface area contributed by atoms with Gasteiger partial charge in [-0.15, -0.1) is 0 Å². The van der Waals surface area contributed by atoms with Crippen LogP contribution in [0, 0.1) is 5.92 Å². The number of hydrogen-bond acceptors (Lipinski definition) is 1. The van der Waals surface area contributed by atoms with Crippen molar-refractivity contribution in [2.75, 3.05) is 13.6 Å². The van der Waals surface area contributed by atoms with Crippen molar-refractivity contribution in [2.24, 2.45) is 5.92 Å². The molecule has 1 saturated heterocycles. The van der Waals surface area contributed by atoms with Crippen LogP contribution in [0.15, 0.2) is 0 Å². The van der Waals surface area contributed by atoms with Crippen molar-refractivity contribution in [1.29, 1.82) is 0 Å². The Morgan fingerprint density at radius 2 is 2.00 bits per heavy atom. The highest BCUT2D eigenvalue weighted by Gasteiger charge is 2.22. The van der Waals surface area contributed by atoms with Gasteiger partial charge in [-0.1, -0.05) is 20.3 Å². The monoisotopic (exact) mass is 155 g/mol. The van der Waals surface area contributed by atoms with Crippen LogP contribution in [0.1, 0.15) is 39.5 Å². The minimum Gasteiger partial charge on any atom is -0.303 e. The molecule has 1 fully saturated rings. The normalized spacial score (nSPS) is 34.1. The lowest BCUT2D eigenvalue weighted by molar-refractivity contribution is 0.136. The first kappa shape index (κ1) is 9.05. The number of piperidine rings is 1. The molecule has 0 aromatic rings. The molecule has 1 heterocycles. The first-order chi connectivity index (χ1) is 5.27. The summed E-state index contributed by atoms with van der Waals surface area (Å²) >= 11 is 0. The molecule has 0 aromatic carbocycles. The molecule has 0 amide bonds. The van der Waals surface area contributed by atoms with E-state index >= 15 is 0 Å². The quantitative estimate of drug-likeness (QED) is 0.592. The Kier molecular flexibility index (Phi) is 3.38. The van der Waals surface area contributed by atoms with E-state index in [0.29, 0.717) is 0 Å². The number of nitrogens with zero attached hydrogens (tertiary/aromatic N) is 1. The molecule has 1 heteroatoms. The van der Waals surface area contributed by atoms with Crippen LogP contribution in [-0.2, 0) is 0 Å². The summed E-state index contributed by atoms with van der Waals surface area (Å²) in [6, 6.07) is 0.869. The van der Waals surface area contributed by atoms with Crippen LogP contribution in [-0.4, -0.2) is 24.5 Å². The van der Waals surface area contributed by atoms with E-state index in [1.165, 1.54) is 32.2 Å². The van der Waals surface area contributed by atoms with Crippen molar-refractivity contribution >= 4 is 0 Å². The lowest BCUT2D eigenvalue weighted by Gasteiger charge is -2.36. The predicted molar refractivity (Wildman–Crippen MR) is 49.7 cm³/mol. The summed E-state index contributed by atoms with van der Waals surface area (Å²) < 4.78 is 0. The molecule has 11 heavy (non-hydrogen) atoms. The van der Waals surface area contributed by atoms with Gasteiger partial charge in [0.15, 0.2) is 0 Å². The van der Waals surface area contributed by atoms with Crippen molar-refractivity contribution in [3.8, 4) is 0 Å². The summed E-state index contributed by atoms with van der Waals surface area (Å²) in [5.41, 5.74) is 0. The fraction of sp³-hybridized carbons (Fsp3) is 1.00. The second-order valence-electron chi connectivity index (χ2n) is 3.84. The molecule has 1 nitrogen and oxygen atoms in total. The summed E-state index contributed by atoms with van der Waals surface area (Å²) in [4.78, 5) is 2.52. The van der Waals surface area contributed by atoms with Gasteiger partial charge in [0.25, 0.3) is 0 Å². The predicted octanol–water partition coefficient (Wildman–Crippen LogP) is 2.52. The molecular weight excluding hydrogens is 134 g/mol. The third-order valence-corrected chi connectivity index (χ3v) is 3.17. The Morgan fingerprint density at radius 3 is 2.55 bits per heavy atom. The van der Waals surface area contributed by atoms with Gasteiger partial charge in [0, 0.05) is 6.04 Å². The zero-order chi connectivity index (χ0) is 8.27. The van der Waals surface area contributed by atoms with Gasteiger partial charge in [0.05, 0.1) is 0 Å². The van der Waals surface area contributed by atoms with E-state index in [4.69, 9.17) is 0 Å². The average molecular weight is 155 g/mol. The van der Waals surface area contributed by atoms with Crippen LogP contribution in [0.5, 0.6) is 0 Å². The molecule has 0 aromatic heterocycles. The lowest BCUT2D eigenvalue weighted by atomic mass is 9.88. The lowest BCUT2D eigenvalue weighted by Crippen LogP contribution is -2.39. The van der Waals surface area contributed by atoms with Crippen molar-refractivity contribution in [3.05, 3.63) is 0 Å². The minimum atomic E-state index is 0.869. The molecule has 0 saturated carbocycles. The van der Waals surface area contributed by atoms with Gasteiger partial charge < -0.3 is 4.90 Å². The van der Waals surface area contributed by atoms with Gasteiger partial charge in [-0.05, 0) is 38.8 Å². The van der Waals surface area contributed by atoms with Crippen LogP contribution < -0.4 is 0 Å².